The number of ether oxygens (including phenoxy) is 3. The smallest absolute Gasteiger partial charge is 0.414 e. The first-order chi connectivity index (χ1) is 15.6. The van der Waals surface area contributed by atoms with E-state index in [2.05, 4.69) is 24.1 Å². The lowest BCUT2D eigenvalue weighted by Crippen LogP contribution is -2.40. The van der Waals surface area contributed by atoms with Crippen molar-refractivity contribution in [2.24, 2.45) is 11.8 Å². The number of nitrogens with zero attached hydrogens (tertiary/aromatic N) is 1. The Morgan fingerprint density at radius 1 is 1.00 bits per heavy atom. The monoisotopic (exact) mass is 468 g/mol. The van der Waals surface area contributed by atoms with Crippen molar-refractivity contribution in [3.05, 3.63) is 17.7 Å². The number of hydrogen-bond acceptors (Lipinski definition) is 7. The molecular formula is C23H36N2O8. The first-order valence-electron chi connectivity index (χ1n) is 10.9. The lowest BCUT2D eigenvalue weighted by atomic mass is 9.95. The average Bonchev–Trinajstić information content (AvgIpc) is 2.78. The van der Waals surface area contributed by atoms with E-state index in [4.69, 9.17) is 34.0 Å². The lowest BCUT2D eigenvalue weighted by Gasteiger charge is -2.31. The molecule has 0 aromatic heterocycles. The van der Waals surface area contributed by atoms with E-state index < -0.39 is 11.9 Å². The van der Waals surface area contributed by atoms with Crippen LogP contribution in [-0.2, 0) is 20.9 Å². The Kier molecular flexibility index (Phi) is 12.1. The van der Waals surface area contributed by atoms with E-state index in [0.29, 0.717) is 23.2 Å². The fraction of sp³-hybridized carbons (Fsp3) is 0.609. The van der Waals surface area contributed by atoms with Crippen LogP contribution in [0.4, 0.5) is 0 Å². The molecule has 0 bridgehead atoms. The van der Waals surface area contributed by atoms with Gasteiger partial charge in [-0.25, -0.2) is 9.59 Å². The minimum Gasteiger partial charge on any atom is -0.493 e. The van der Waals surface area contributed by atoms with Gasteiger partial charge in [-0.2, -0.15) is 0 Å². The minimum absolute atomic E-state index is 0.133. The van der Waals surface area contributed by atoms with Crippen LogP contribution in [0.5, 0.6) is 17.2 Å². The standard InChI is InChI=1S/C21H34N2O4.C2H2O4/c1-15(2)6-9-22-21(24)17-7-10-23(11-8-17)14-16-12-18(25-3)20(27-5)19(13-16)26-4;3-1(4)2(5)6/h12-13,15,17H,6-11,14H2,1-5H3,(H,22,24);(H,3,4)(H,5,6). The molecule has 3 N–H and O–H groups in total. The van der Waals surface area contributed by atoms with E-state index in [9.17, 15) is 4.79 Å². The summed E-state index contributed by atoms with van der Waals surface area (Å²) in [6.07, 6.45) is 2.83. The highest BCUT2D eigenvalue weighted by Gasteiger charge is 2.25. The summed E-state index contributed by atoms with van der Waals surface area (Å²) in [5, 5.41) is 17.9. The van der Waals surface area contributed by atoms with Gasteiger partial charge in [0, 0.05) is 19.0 Å². The van der Waals surface area contributed by atoms with Crippen molar-refractivity contribution in [1.82, 2.24) is 10.2 Å². The van der Waals surface area contributed by atoms with Crippen LogP contribution in [0.25, 0.3) is 0 Å². The molecule has 0 saturated carbocycles. The first-order valence-corrected chi connectivity index (χ1v) is 10.9. The van der Waals surface area contributed by atoms with Crippen LogP contribution in [-0.4, -0.2) is 73.9 Å². The number of piperidine rings is 1. The fourth-order valence-corrected chi connectivity index (χ4v) is 3.47. The molecule has 0 atom stereocenters. The summed E-state index contributed by atoms with van der Waals surface area (Å²) in [5.41, 5.74) is 1.12. The molecule has 10 nitrogen and oxygen atoms in total. The number of carboxylic acid groups (broad SMARTS) is 2. The van der Waals surface area contributed by atoms with Gasteiger partial charge in [0.1, 0.15) is 0 Å². The number of carbonyl (C=O) groups is 3. The second-order valence-electron chi connectivity index (χ2n) is 8.17. The second-order valence-corrected chi connectivity index (χ2v) is 8.17. The van der Waals surface area contributed by atoms with Crippen molar-refractivity contribution in [1.29, 1.82) is 0 Å². The Morgan fingerprint density at radius 3 is 1.91 bits per heavy atom. The lowest BCUT2D eigenvalue weighted by molar-refractivity contribution is -0.159. The molecule has 2 rings (SSSR count). The zero-order valence-corrected chi connectivity index (χ0v) is 20.1. The highest BCUT2D eigenvalue weighted by Crippen LogP contribution is 2.38. The van der Waals surface area contributed by atoms with Gasteiger partial charge in [0.2, 0.25) is 11.7 Å². The highest BCUT2D eigenvalue weighted by molar-refractivity contribution is 6.27. The summed E-state index contributed by atoms with van der Waals surface area (Å²) in [4.78, 5) is 32.9. The van der Waals surface area contributed by atoms with Crippen molar-refractivity contribution in [3.8, 4) is 17.2 Å². The number of methoxy groups -OCH3 is 3. The van der Waals surface area contributed by atoms with Crippen LogP contribution in [0.15, 0.2) is 12.1 Å². The van der Waals surface area contributed by atoms with Gasteiger partial charge in [-0.05, 0) is 56.0 Å². The highest BCUT2D eigenvalue weighted by atomic mass is 16.5. The molecule has 1 aromatic carbocycles. The molecule has 1 amide bonds. The van der Waals surface area contributed by atoms with Crippen molar-refractivity contribution in [3.63, 3.8) is 0 Å². The third kappa shape index (κ3) is 9.56. The summed E-state index contributed by atoms with van der Waals surface area (Å²) in [6.45, 7) is 7.76. The molecule has 10 heteroatoms. The molecule has 1 aliphatic rings. The largest absolute Gasteiger partial charge is 0.493 e. The molecule has 33 heavy (non-hydrogen) atoms. The molecular weight excluding hydrogens is 432 g/mol. The predicted octanol–water partition coefficient (Wildman–Crippen LogP) is 2.24. The number of rotatable bonds is 9. The Hall–Kier alpha value is -3.01. The normalized spacial score (nSPS) is 14.1. The molecule has 0 aliphatic carbocycles. The van der Waals surface area contributed by atoms with E-state index >= 15 is 0 Å². The number of nitrogens with one attached hydrogen (secondary N) is 1. The van der Waals surface area contributed by atoms with Gasteiger partial charge in [-0.15, -0.1) is 0 Å². The zero-order valence-electron chi connectivity index (χ0n) is 20.1. The number of likely N-dealkylation sites (tertiary alicyclic amines) is 1. The molecule has 1 saturated heterocycles. The van der Waals surface area contributed by atoms with Gasteiger partial charge in [0.15, 0.2) is 11.5 Å². The van der Waals surface area contributed by atoms with E-state index in [-0.39, 0.29) is 11.8 Å². The first kappa shape index (κ1) is 28.0. The SMILES string of the molecule is COc1cc(CN2CCC(C(=O)NCCC(C)C)CC2)cc(OC)c1OC.O=C(O)C(=O)O. The number of carboxylic acids is 2. The fourth-order valence-electron chi connectivity index (χ4n) is 3.47. The van der Waals surface area contributed by atoms with Crippen LogP contribution >= 0.6 is 0 Å². The van der Waals surface area contributed by atoms with Crippen LogP contribution in [0.1, 0.15) is 38.7 Å². The van der Waals surface area contributed by atoms with Gasteiger partial charge in [-0.3, -0.25) is 9.69 Å². The van der Waals surface area contributed by atoms with Gasteiger partial charge < -0.3 is 29.7 Å². The number of carbonyl (C=O) groups excluding carboxylic acids is 1. The third-order valence-corrected chi connectivity index (χ3v) is 5.29. The topological polar surface area (TPSA) is 135 Å². The van der Waals surface area contributed by atoms with Gasteiger partial charge >= 0.3 is 11.9 Å². The third-order valence-electron chi connectivity index (χ3n) is 5.29. The maximum Gasteiger partial charge on any atom is 0.414 e. The van der Waals surface area contributed by atoms with Crippen molar-refractivity contribution in [2.75, 3.05) is 41.0 Å². The van der Waals surface area contributed by atoms with E-state index in [1.165, 1.54) is 0 Å². The van der Waals surface area contributed by atoms with Crippen LogP contribution in [0.2, 0.25) is 0 Å². The summed E-state index contributed by atoms with van der Waals surface area (Å²) in [5.74, 6) is -0.731. The maximum atomic E-state index is 12.3. The minimum atomic E-state index is -1.82. The van der Waals surface area contributed by atoms with E-state index in [1.54, 1.807) is 21.3 Å². The number of hydrogen-bond donors (Lipinski definition) is 3. The number of aliphatic carboxylic acids is 2. The average molecular weight is 469 g/mol. The molecule has 1 aromatic rings. The molecule has 186 valence electrons. The van der Waals surface area contributed by atoms with E-state index in [0.717, 1.165) is 51.0 Å². The predicted molar refractivity (Wildman–Crippen MR) is 122 cm³/mol. The Labute approximate surface area is 194 Å². The number of benzene rings is 1. The maximum absolute atomic E-state index is 12.3. The van der Waals surface area contributed by atoms with Crippen molar-refractivity contribution < 1.29 is 38.8 Å². The molecule has 1 heterocycles. The molecule has 1 aliphatic heterocycles. The number of amides is 1. The molecule has 0 unspecified atom stereocenters. The summed E-state index contributed by atoms with van der Waals surface area (Å²) in [7, 11) is 4.87. The van der Waals surface area contributed by atoms with Gasteiger partial charge in [0.05, 0.1) is 21.3 Å². The van der Waals surface area contributed by atoms with Gasteiger partial charge in [-0.1, -0.05) is 13.8 Å². The summed E-state index contributed by atoms with van der Waals surface area (Å²) >= 11 is 0. The van der Waals surface area contributed by atoms with E-state index in [1.807, 2.05) is 12.1 Å². The Bertz CT molecular complexity index is 752. The molecule has 0 radical (unpaired) electrons. The van der Waals surface area contributed by atoms with Crippen LogP contribution in [0, 0.1) is 11.8 Å². The second kappa shape index (κ2) is 14.2. The Morgan fingerprint density at radius 2 is 1.52 bits per heavy atom. The summed E-state index contributed by atoms with van der Waals surface area (Å²) < 4.78 is 16.3. The van der Waals surface area contributed by atoms with Crippen LogP contribution < -0.4 is 19.5 Å². The summed E-state index contributed by atoms with van der Waals surface area (Å²) in [6, 6.07) is 3.98. The van der Waals surface area contributed by atoms with Crippen LogP contribution in [0.3, 0.4) is 0 Å². The molecule has 1 fully saturated rings. The zero-order chi connectivity index (χ0) is 25.0. The van der Waals surface area contributed by atoms with Crippen molar-refractivity contribution in [2.45, 2.75) is 39.7 Å². The Balaban J connectivity index is 0.000000801. The van der Waals surface area contributed by atoms with Crippen molar-refractivity contribution >= 4 is 17.8 Å². The quantitative estimate of drug-likeness (QED) is 0.466. The van der Waals surface area contributed by atoms with Gasteiger partial charge in [0.25, 0.3) is 0 Å². The molecule has 0 spiro atoms.